The second-order valence-corrected chi connectivity index (χ2v) is 10.0. The Morgan fingerprint density at radius 3 is 2.11 bits per heavy atom. The zero-order chi connectivity index (χ0) is 21.5. The van der Waals surface area contributed by atoms with Crippen molar-refractivity contribution < 1.29 is 51.0 Å². The molecule has 0 aromatic heterocycles. The maximum atomic E-state index is 3.62. The first-order valence-electron chi connectivity index (χ1n) is 10.7. The van der Waals surface area contributed by atoms with Gasteiger partial charge < -0.3 is 24.8 Å². The van der Waals surface area contributed by atoms with Gasteiger partial charge in [-0.1, -0.05) is 117 Å². The average molecular weight is 654 g/mol. The minimum atomic E-state index is 0. The molecule has 0 N–H and O–H groups in total. The Balaban J connectivity index is 0.000000180. The monoisotopic (exact) mass is 650 g/mol. The van der Waals surface area contributed by atoms with Gasteiger partial charge in [-0.2, -0.15) is 11.1 Å². The molecule has 0 saturated heterocycles. The molecule has 8 rings (SSSR count). The molecule has 0 amide bonds. The minimum absolute atomic E-state index is 0. The fourth-order valence-corrected chi connectivity index (χ4v) is 6.16. The van der Waals surface area contributed by atoms with Gasteiger partial charge >= 0.3 is 26.2 Å². The molecule has 6 bridgehead atoms. The maximum Gasteiger partial charge on any atom is 4.00 e. The Labute approximate surface area is 251 Å². The normalized spacial score (nSPS) is 16.8. The van der Waals surface area contributed by atoms with Gasteiger partial charge in [0, 0.05) is 9.37 Å². The van der Waals surface area contributed by atoms with E-state index >= 15 is 0 Å². The summed E-state index contributed by atoms with van der Waals surface area (Å²) in [5.74, 6) is 0.606. The number of halogens is 3. The van der Waals surface area contributed by atoms with Crippen LogP contribution in [0.2, 0.25) is 0 Å². The van der Waals surface area contributed by atoms with E-state index in [-0.39, 0.29) is 56.9 Å². The van der Waals surface area contributed by atoms with Gasteiger partial charge in [-0.15, -0.1) is 29.0 Å². The molecule has 0 nitrogen and oxygen atoms in total. The van der Waals surface area contributed by atoms with Crippen molar-refractivity contribution in [2.24, 2.45) is 0 Å². The number of benzene rings is 4. The van der Waals surface area contributed by atoms with E-state index in [0.717, 1.165) is 0 Å². The van der Waals surface area contributed by atoms with E-state index in [2.05, 4.69) is 125 Å². The van der Waals surface area contributed by atoms with Crippen molar-refractivity contribution >= 4 is 39.8 Å². The predicted molar refractivity (Wildman–Crippen MR) is 137 cm³/mol. The molecule has 5 heteroatoms. The van der Waals surface area contributed by atoms with Crippen molar-refractivity contribution in [3.63, 3.8) is 0 Å². The van der Waals surface area contributed by atoms with Crippen LogP contribution in [0.15, 0.2) is 105 Å². The van der Waals surface area contributed by atoms with Crippen LogP contribution in [0.4, 0.5) is 0 Å². The van der Waals surface area contributed by atoms with Crippen LogP contribution >= 0.6 is 27.7 Å². The molecule has 0 radical (unpaired) electrons. The summed E-state index contributed by atoms with van der Waals surface area (Å²) < 4.78 is 1.17. The van der Waals surface area contributed by atoms with E-state index in [0.29, 0.717) is 5.92 Å². The third-order valence-electron chi connectivity index (χ3n) is 6.16. The van der Waals surface area contributed by atoms with Crippen molar-refractivity contribution in [2.75, 3.05) is 0 Å². The minimum Gasteiger partial charge on any atom is -1.00 e. The molecule has 4 aromatic rings. The maximum absolute atomic E-state index is 3.62. The van der Waals surface area contributed by atoms with Crippen LogP contribution in [0.1, 0.15) is 45.2 Å². The number of rotatable bonds is 1. The standard InChI is InChI=1S/C15H10Br.C15H9S.2ClH.Zr/c16-14-8-4-7-12-9-10-13(15(12)14)11-5-2-1-3-6-11;1-2-13-12-8-9-14(13)15(3-1)16-11-6-4-10(12)5-7-11;;;/h1-9,13H;1-7,9,12H;2*1H;/q2*-1;;;+4/p-2. The second kappa shape index (κ2) is 12.3. The topological polar surface area (TPSA) is 0 Å². The van der Waals surface area contributed by atoms with Crippen molar-refractivity contribution in [2.45, 2.75) is 21.6 Å². The Morgan fingerprint density at radius 2 is 1.34 bits per heavy atom. The number of hydrogen-bond acceptors (Lipinski definition) is 1. The van der Waals surface area contributed by atoms with Crippen LogP contribution < -0.4 is 24.8 Å². The summed E-state index contributed by atoms with van der Waals surface area (Å²) in [7, 11) is 0. The second-order valence-electron chi connectivity index (χ2n) is 8.07. The SMILES string of the molecule is Brc1cccc2c1C(c1ccccc1)[C-]=C2.[C-]1=Cc2c3cccc2C1c1ccc(cc1)S3.[Cl-].[Cl-].[Zr+4]. The van der Waals surface area contributed by atoms with Crippen molar-refractivity contribution in [1.29, 1.82) is 0 Å². The molecule has 2 unspecified atom stereocenters. The van der Waals surface area contributed by atoms with Crippen LogP contribution in [0.25, 0.3) is 12.2 Å². The Hall–Kier alpha value is -1.35. The van der Waals surface area contributed by atoms with Gasteiger partial charge in [-0.05, 0) is 12.1 Å². The third-order valence-corrected chi connectivity index (χ3v) is 7.94. The van der Waals surface area contributed by atoms with E-state index in [1.165, 1.54) is 47.6 Å². The summed E-state index contributed by atoms with van der Waals surface area (Å²) in [4.78, 5) is 2.66. The van der Waals surface area contributed by atoms with Crippen molar-refractivity contribution in [3.05, 3.63) is 141 Å². The van der Waals surface area contributed by atoms with Crippen molar-refractivity contribution in [3.8, 4) is 0 Å². The average Bonchev–Trinajstić information content (AvgIpc) is 3.48. The quantitative estimate of drug-likeness (QED) is 0.285. The largest absolute Gasteiger partial charge is 4.00 e. The fourth-order valence-electron chi connectivity index (χ4n) is 4.59. The summed E-state index contributed by atoms with van der Waals surface area (Å²) in [6.07, 6.45) is 11.1. The van der Waals surface area contributed by atoms with Gasteiger partial charge in [0.15, 0.2) is 0 Å². The molecular weight excluding hydrogens is 634 g/mol. The van der Waals surface area contributed by atoms with Gasteiger partial charge in [-0.25, -0.2) is 12.2 Å². The zero-order valence-electron chi connectivity index (χ0n) is 18.5. The third kappa shape index (κ3) is 5.51. The molecule has 0 spiro atoms. The molecule has 2 aliphatic heterocycles. The van der Waals surface area contributed by atoms with Crippen LogP contribution in [0.3, 0.4) is 0 Å². The molecule has 4 aromatic carbocycles. The molecule has 35 heavy (non-hydrogen) atoms. The molecular formula is C30H19BrCl2SZr. The zero-order valence-corrected chi connectivity index (χ0v) is 24.9. The Bertz CT molecular complexity index is 1370. The van der Waals surface area contributed by atoms with Crippen LogP contribution in [0.5, 0.6) is 0 Å². The molecule has 2 atom stereocenters. The van der Waals surface area contributed by atoms with Crippen LogP contribution in [0, 0.1) is 12.2 Å². The smallest absolute Gasteiger partial charge is 1.00 e. The van der Waals surface area contributed by atoms with Gasteiger partial charge in [-0.3, -0.25) is 12.2 Å². The predicted octanol–water partition coefficient (Wildman–Crippen LogP) is 2.53. The Kier molecular flexibility index (Phi) is 9.89. The molecule has 170 valence electrons. The first kappa shape index (κ1) is 28.2. The molecule has 2 heterocycles. The van der Waals surface area contributed by atoms with Crippen LogP contribution in [-0.4, -0.2) is 0 Å². The Morgan fingerprint density at radius 1 is 0.657 bits per heavy atom. The van der Waals surface area contributed by atoms with E-state index in [4.69, 9.17) is 0 Å². The van der Waals surface area contributed by atoms with Crippen molar-refractivity contribution in [1.82, 2.24) is 0 Å². The van der Waals surface area contributed by atoms with E-state index in [1.54, 1.807) is 0 Å². The summed E-state index contributed by atoms with van der Waals surface area (Å²) in [5, 5.41) is 0. The van der Waals surface area contributed by atoms with E-state index in [9.17, 15) is 0 Å². The first-order valence-corrected chi connectivity index (χ1v) is 12.3. The first-order chi connectivity index (χ1) is 15.8. The van der Waals surface area contributed by atoms with Gasteiger partial charge in [0.05, 0.1) is 0 Å². The van der Waals surface area contributed by atoms with E-state index in [1.807, 2.05) is 17.8 Å². The van der Waals surface area contributed by atoms with Crippen LogP contribution in [-0.2, 0) is 26.2 Å². The summed E-state index contributed by atoms with van der Waals surface area (Å²) >= 11 is 5.47. The van der Waals surface area contributed by atoms with E-state index < -0.39 is 0 Å². The molecule has 4 aliphatic rings. The van der Waals surface area contributed by atoms with Gasteiger partial charge in [0.2, 0.25) is 0 Å². The summed E-state index contributed by atoms with van der Waals surface area (Å²) in [6.45, 7) is 0. The summed E-state index contributed by atoms with van der Waals surface area (Å²) in [6, 6.07) is 32.2. The summed E-state index contributed by atoms with van der Waals surface area (Å²) in [5.41, 5.74) is 8.00. The van der Waals surface area contributed by atoms with Gasteiger partial charge in [0.25, 0.3) is 0 Å². The molecule has 0 saturated carbocycles. The molecule has 0 fully saturated rings. The molecule has 2 aliphatic carbocycles. The number of fused-ring (bicyclic) bond motifs is 3. The number of allylic oxidation sites excluding steroid dienone is 2. The fraction of sp³-hybridized carbons (Fsp3) is 0.0667. The number of hydrogen-bond donors (Lipinski definition) is 0. The van der Waals surface area contributed by atoms with Gasteiger partial charge in [0.1, 0.15) is 0 Å².